The Labute approximate surface area is 153 Å². The van der Waals surface area contributed by atoms with E-state index in [4.69, 9.17) is 24.5 Å². The molecule has 0 aromatic heterocycles. The normalized spacial score (nSPS) is 9.73. The van der Waals surface area contributed by atoms with E-state index in [0.29, 0.717) is 0 Å². The predicted molar refractivity (Wildman–Crippen MR) is 99.3 cm³/mol. The van der Waals surface area contributed by atoms with Crippen molar-refractivity contribution in [1.29, 1.82) is 0 Å². The van der Waals surface area contributed by atoms with Crippen molar-refractivity contribution in [1.82, 2.24) is 5.32 Å². The molecule has 0 aliphatic carbocycles. The number of aliphatic carboxylic acids is 2. The number of hydrogen-bond donors (Lipinski definition) is 3. The van der Waals surface area contributed by atoms with Crippen molar-refractivity contribution in [2.24, 2.45) is 0 Å². The van der Waals surface area contributed by atoms with Gasteiger partial charge in [0.2, 0.25) is 0 Å². The molecule has 0 atom stereocenters. The van der Waals surface area contributed by atoms with Gasteiger partial charge in [0.05, 0.1) is 6.61 Å². The molecule has 0 bridgehead atoms. The molecule has 2 aromatic rings. The van der Waals surface area contributed by atoms with Crippen LogP contribution < -0.4 is 10.1 Å². The van der Waals surface area contributed by atoms with Gasteiger partial charge in [0.25, 0.3) is 0 Å². The van der Waals surface area contributed by atoms with Crippen LogP contribution in [0, 0.1) is 6.92 Å². The van der Waals surface area contributed by atoms with Crippen LogP contribution >= 0.6 is 0 Å². The molecule has 0 spiro atoms. The van der Waals surface area contributed by atoms with Crippen molar-refractivity contribution in [2.75, 3.05) is 13.2 Å². The smallest absolute Gasteiger partial charge is 0.414 e. The lowest BCUT2D eigenvalue weighted by Crippen LogP contribution is -2.15. The second-order valence-corrected chi connectivity index (χ2v) is 5.64. The third-order valence-electron chi connectivity index (χ3n) is 3.36. The SMILES string of the molecule is Cc1cccc(OCCCCNCc2ccccc2)c1.O=C(O)C(=O)O. The van der Waals surface area contributed by atoms with E-state index in [1.165, 1.54) is 11.1 Å². The molecule has 0 heterocycles. The molecule has 0 amide bonds. The lowest BCUT2D eigenvalue weighted by Gasteiger charge is -2.07. The van der Waals surface area contributed by atoms with E-state index >= 15 is 0 Å². The Balaban J connectivity index is 0.000000487. The van der Waals surface area contributed by atoms with Crippen LogP contribution in [0.15, 0.2) is 54.6 Å². The molecular weight excluding hydrogens is 334 g/mol. The maximum atomic E-state index is 9.10. The van der Waals surface area contributed by atoms with Crippen molar-refractivity contribution >= 4 is 11.9 Å². The molecule has 0 saturated carbocycles. The van der Waals surface area contributed by atoms with Crippen molar-refractivity contribution in [3.05, 3.63) is 65.7 Å². The van der Waals surface area contributed by atoms with Gasteiger partial charge in [0.15, 0.2) is 0 Å². The highest BCUT2D eigenvalue weighted by molar-refractivity contribution is 6.27. The van der Waals surface area contributed by atoms with Crippen LogP contribution in [0.1, 0.15) is 24.0 Å². The molecule has 6 heteroatoms. The van der Waals surface area contributed by atoms with Crippen LogP contribution in [0.25, 0.3) is 0 Å². The highest BCUT2D eigenvalue weighted by Gasteiger charge is 2.04. The molecule has 0 radical (unpaired) electrons. The number of ether oxygens (including phenoxy) is 1. The first-order chi connectivity index (χ1) is 12.5. The minimum absolute atomic E-state index is 0.788. The summed E-state index contributed by atoms with van der Waals surface area (Å²) in [5.74, 6) is -2.67. The molecule has 0 fully saturated rings. The van der Waals surface area contributed by atoms with E-state index in [0.717, 1.165) is 38.3 Å². The van der Waals surface area contributed by atoms with Gasteiger partial charge in [0.1, 0.15) is 5.75 Å². The number of rotatable bonds is 8. The Morgan fingerprint density at radius 2 is 1.65 bits per heavy atom. The fourth-order valence-electron chi connectivity index (χ4n) is 2.08. The van der Waals surface area contributed by atoms with E-state index in [9.17, 15) is 0 Å². The van der Waals surface area contributed by atoms with Crippen LogP contribution in [0.4, 0.5) is 0 Å². The van der Waals surface area contributed by atoms with Gasteiger partial charge >= 0.3 is 11.9 Å². The number of aryl methyl sites for hydroxylation is 1. The van der Waals surface area contributed by atoms with E-state index in [2.05, 4.69) is 48.6 Å². The standard InChI is InChI=1S/C18H23NO.C2H2O4/c1-16-8-7-11-18(14-16)20-13-6-5-12-19-15-17-9-3-2-4-10-17;3-1(4)2(5)6/h2-4,7-11,14,19H,5-6,12-13,15H2,1H3;(H,3,4)(H,5,6). The van der Waals surface area contributed by atoms with Gasteiger partial charge in [0, 0.05) is 6.54 Å². The molecule has 140 valence electrons. The summed E-state index contributed by atoms with van der Waals surface area (Å²) in [7, 11) is 0. The first kappa shape index (κ1) is 21.2. The topological polar surface area (TPSA) is 95.9 Å². The van der Waals surface area contributed by atoms with Gasteiger partial charge in [-0.2, -0.15) is 0 Å². The molecule has 6 nitrogen and oxygen atoms in total. The Morgan fingerprint density at radius 3 is 2.27 bits per heavy atom. The van der Waals surface area contributed by atoms with Gasteiger partial charge in [-0.1, -0.05) is 42.5 Å². The molecule has 3 N–H and O–H groups in total. The number of unbranched alkanes of at least 4 members (excludes halogenated alkanes) is 1. The minimum Gasteiger partial charge on any atom is -0.494 e. The van der Waals surface area contributed by atoms with E-state index < -0.39 is 11.9 Å². The zero-order chi connectivity index (χ0) is 19.2. The molecule has 2 aromatic carbocycles. The average Bonchev–Trinajstić information content (AvgIpc) is 2.62. The Bertz CT molecular complexity index is 661. The zero-order valence-electron chi connectivity index (χ0n) is 14.9. The maximum absolute atomic E-state index is 9.10. The maximum Gasteiger partial charge on any atom is 0.414 e. The lowest BCUT2D eigenvalue weighted by atomic mass is 10.2. The van der Waals surface area contributed by atoms with Crippen molar-refractivity contribution < 1.29 is 24.5 Å². The van der Waals surface area contributed by atoms with Gasteiger partial charge < -0.3 is 20.3 Å². The summed E-state index contributed by atoms with van der Waals surface area (Å²) in [5, 5.41) is 18.2. The largest absolute Gasteiger partial charge is 0.494 e. The minimum atomic E-state index is -1.82. The van der Waals surface area contributed by atoms with E-state index in [1.54, 1.807) is 0 Å². The Hall–Kier alpha value is -2.86. The number of carboxylic acids is 2. The van der Waals surface area contributed by atoms with Gasteiger partial charge in [-0.25, -0.2) is 9.59 Å². The zero-order valence-corrected chi connectivity index (χ0v) is 14.9. The van der Waals surface area contributed by atoms with E-state index in [1.807, 2.05) is 18.2 Å². The second kappa shape index (κ2) is 12.5. The molecule has 2 rings (SSSR count). The summed E-state index contributed by atoms with van der Waals surface area (Å²) in [6, 6.07) is 18.7. The molecule has 0 unspecified atom stereocenters. The van der Waals surface area contributed by atoms with Crippen molar-refractivity contribution in [3.63, 3.8) is 0 Å². The summed E-state index contributed by atoms with van der Waals surface area (Å²) in [6.45, 7) is 4.85. The number of benzene rings is 2. The first-order valence-electron chi connectivity index (χ1n) is 8.39. The highest BCUT2D eigenvalue weighted by atomic mass is 16.5. The number of nitrogens with one attached hydrogen (secondary N) is 1. The summed E-state index contributed by atoms with van der Waals surface area (Å²) in [6.07, 6.45) is 2.22. The van der Waals surface area contributed by atoms with Crippen LogP contribution in [0.3, 0.4) is 0 Å². The molecule has 0 aliphatic heterocycles. The summed E-state index contributed by atoms with van der Waals surface area (Å²) in [4.78, 5) is 18.2. The first-order valence-corrected chi connectivity index (χ1v) is 8.39. The predicted octanol–water partition coefficient (Wildman–Crippen LogP) is 3.10. The van der Waals surface area contributed by atoms with Crippen molar-refractivity contribution in [3.8, 4) is 5.75 Å². The van der Waals surface area contributed by atoms with Crippen LogP contribution in [0.5, 0.6) is 5.75 Å². The molecule has 26 heavy (non-hydrogen) atoms. The van der Waals surface area contributed by atoms with Gasteiger partial charge in [-0.3, -0.25) is 0 Å². The third-order valence-corrected chi connectivity index (χ3v) is 3.36. The van der Waals surface area contributed by atoms with Crippen molar-refractivity contribution in [2.45, 2.75) is 26.3 Å². The monoisotopic (exact) mass is 359 g/mol. The quantitative estimate of drug-likeness (QED) is 0.495. The lowest BCUT2D eigenvalue weighted by molar-refractivity contribution is -0.159. The molecule has 0 saturated heterocycles. The van der Waals surface area contributed by atoms with Gasteiger partial charge in [-0.05, 0) is 49.6 Å². The fourth-order valence-corrected chi connectivity index (χ4v) is 2.08. The van der Waals surface area contributed by atoms with Crippen LogP contribution in [-0.4, -0.2) is 35.3 Å². The van der Waals surface area contributed by atoms with E-state index in [-0.39, 0.29) is 0 Å². The number of hydrogen-bond acceptors (Lipinski definition) is 4. The second-order valence-electron chi connectivity index (χ2n) is 5.64. The van der Waals surface area contributed by atoms with Crippen LogP contribution in [-0.2, 0) is 16.1 Å². The number of carboxylic acid groups (broad SMARTS) is 2. The Morgan fingerprint density at radius 1 is 0.962 bits per heavy atom. The van der Waals surface area contributed by atoms with Crippen LogP contribution in [0.2, 0.25) is 0 Å². The Kier molecular flexibility index (Phi) is 10.2. The summed E-state index contributed by atoms with van der Waals surface area (Å²) < 4.78 is 5.72. The molecule has 0 aliphatic rings. The summed E-state index contributed by atoms with van der Waals surface area (Å²) >= 11 is 0. The number of carbonyl (C=O) groups is 2. The van der Waals surface area contributed by atoms with Gasteiger partial charge in [-0.15, -0.1) is 0 Å². The molecular formula is C20H25NO5. The summed E-state index contributed by atoms with van der Waals surface area (Å²) in [5.41, 5.74) is 2.58. The highest BCUT2D eigenvalue weighted by Crippen LogP contribution is 2.12. The third kappa shape index (κ3) is 10.1. The fraction of sp³-hybridized carbons (Fsp3) is 0.300. The average molecular weight is 359 g/mol.